The number of halogens is 1. The monoisotopic (exact) mass is 304 g/mol. The summed E-state index contributed by atoms with van der Waals surface area (Å²) in [5.74, 6) is -0.501. The van der Waals surface area contributed by atoms with Gasteiger partial charge in [-0.1, -0.05) is 17.7 Å². The number of H-pyrrole nitrogens is 1. The molecule has 6 heteroatoms. The predicted octanol–water partition coefficient (Wildman–Crippen LogP) is 3.42. The fourth-order valence-electron chi connectivity index (χ4n) is 2.12. The van der Waals surface area contributed by atoms with Gasteiger partial charge >= 0.3 is 0 Å². The van der Waals surface area contributed by atoms with Crippen LogP contribution in [0.5, 0.6) is 0 Å². The maximum atomic E-state index is 13.8. The molecule has 3 aromatic rings. The Morgan fingerprint density at radius 3 is 2.52 bits per heavy atom. The van der Waals surface area contributed by atoms with Gasteiger partial charge in [0.05, 0.1) is 16.1 Å². The predicted molar refractivity (Wildman–Crippen MR) is 80.2 cm³/mol. The van der Waals surface area contributed by atoms with Gasteiger partial charge in [0.1, 0.15) is 5.82 Å². The van der Waals surface area contributed by atoms with Gasteiger partial charge in [-0.2, -0.15) is 0 Å². The van der Waals surface area contributed by atoms with Gasteiger partial charge in [0, 0.05) is 17.6 Å². The second-order valence-electron chi connectivity index (χ2n) is 4.82. The first-order chi connectivity index (χ1) is 9.95. The Labute approximate surface area is 121 Å². The minimum atomic E-state index is -3.73. The molecule has 0 spiro atoms. The van der Waals surface area contributed by atoms with Gasteiger partial charge in [-0.3, -0.25) is 4.72 Å². The number of aryl methyl sites for hydroxylation is 1. The number of nitrogens with one attached hydrogen (secondary N) is 2. The van der Waals surface area contributed by atoms with Crippen molar-refractivity contribution >= 4 is 26.6 Å². The zero-order chi connectivity index (χ0) is 15.0. The molecular weight excluding hydrogens is 291 g/mol. The van der Waals surface area contributed by atoms with Crippen LogP contribution in [0.25, 0.3) is 10.9 Å². The van der Waals surface area contributed by atoms with Gasteiger partial charge in [-0.25, -0.2) is 12.8 Å². The third kappa shape index (κ3) is 2.62. The van der Waals surface area contributed by atoms with Crippen LogP contribution in [0.15, 0.2) is 53.6 Å². The highest BCUT2D eigenvalue weighted by Gasteiger charge is 2.15. The Hall–Kier alpha value is -2.34. The van der Waals surface area contributed by atoms with Crippen LogP contribution in [0.4, 0.5) is 10.1 Å². The first kappa shape index (κ1) is 13.6. The molecule has 2 aromatic carbocycles. The maximum absolute atomic E-state index is 13.8. The molecule has 4 nitrogen and oxygen atoms in total. The van der Waals surface area contributed by atoms with E-state index in [0.29, 0.717) is 10.9 Å². The average Bonchev–Trinajstić information content (AvgIpc) is 2.87. The third-order valence-corrected chi connectivity index (χ3v) is 4.59. The molecule has 21 heavy (non-hydrogen) atoms. The molecule has 0 amide bonds. The largest absolute Gasteiger partial charge is 0.359 e. The summed E-state index contributed by atoms with van der Waals surface area (Å²) in [4.78, 5) is 2.90. The van der Waals surface area contributed by atoms with Crippen LogP contribution < -0.4 is 4.72 Å². The van der Waals surface area contributed by atoms with E-state index in [1.807, 2.05) is 6.92 Å². The first-order valence-electron chi connectivity index (χ1n) is 6.32. The lowest BCUT2D eigenvalue weighted by Crippen LogP contribution is -2.13. The van der Waals surface area contributed by atoms with Crippen LogP contribution in [-0.4, -0.2) is 13.4 Å². The van der Waals surface area contributed by atoms with Crippen molar-refractivity contribution in [3.05, 3.63) is 60.0 Å². The Balaban J connectivity index is 1.98. The summed E-state index contributed by atoms with van der Waals surface area (Å²) in [7, 11) is -3.73. The van der Waals surface area contributed by atoms with Crippen molar-refractivity contribution in [1.82, 2.24) is 4.98 Å². The number of fused-ring (bicyclic) bond motifs is 1. The summed E-state index contributed by atoms with van der Waals surface area (Å²) >= 11 is 0. The van der Waals surface area contributed by atoms with E-state index in [1.54, 1.807) is 30.5 Å². The van der Waals surface area contributed by atoms with Crippen molar-refractivity contribution in [2.45, 2.75) is 11.8 Å². The number of sulfonamides is 1. The van der Waals surface area contributed by atoms with Crippen LogP contribution in [0.2, 0.25) is 0 Å². The smallest absolute Gasteiger partial charge is 0.261 e. The highest BCUT2D eigenvalue weighted by Crippen LogP contribution is 2.24. The minimum Gasteiger partial charge on any atom is -0.359 e. The van der Waals surface area contributed by atoms with Crippen LogP contribution in [-0.2, 0) is 10.0 Å². The number of hydrogen-bond donors (Lipinski definition) is 2. The Morgan fingerprint density at radius 1 is 1.10 bits per heavy atom. The number of aromatic nitrogens is 1. The first-order valence-corrected chi connectivity index (χ1v) is 7.80. The number of anilines is 1. The normalized spacial score (nSPS) is 11.7. The van der Waals surface area contributed by atoms with Crippen LogP contribution in [0.1, 0.15) is 5.56 Å². The molecule has 0 fully saturated rings. The fraction of sp³-hybridized carbons (Fsp3) is 0.0667. The molecule has 0 aliphatic heterocycles. The Bertz CT molecular complexity index is 899. The highest BCUT2D eigenvalue weighted by atomic mass is 32.2. The summed E-state index contributed by atoms with van der Waals surface area (Å²) < 4.78 is 40.8. The van der Waals surface area contributed by atoms with E-state index in [-0.39, 0.29) is 10.6 Å². The van der Waals surface area contributed by atoms with Crippen molar-refractivity contribution in [1.29, 1.82) is 0 Å². The minimum absolute atomic E-state index is 0.141. The van der Waals surface area contributed by atoms with Gasteiger partial charge in [0.2, 0.25) is 0 Å². The van der Waals surface area contributed by atoms with Crippen LogP contribution in [0, 0.1) is 12.7 Å². The topological polar surface area (TPSA) is 62.0 Å². The van der Waals surface area contributed by atoms with E-state index in [4.69, 9.17) is 0 Å². The lowest BCUT2D eigenvalue weighted by molar-refractivity contribution is 0.601. The van der Waals surface area contributed by atoms with Gasteiger partial charge in [-0.15, -0.1) is 0 Å². The molecule has 0 radical (unpaired) electrons. The molecule has 0 atom stereocenters. The van der Waals surface area contributed by atoms with Crippen molar-refractivity contribution < 1.29 is 12.8 Å². The summed E-state index contributed by atoms with van der Waals surface area (Å²) in [5.41, 5.74) is 1.52. The molecule has 2 N–H and O–H groups in total. The van der Waals surface area contributed by atoms with E-state index in [2.05, 4.69) is 9.71 Å². The molecule has 0 aliphatic rings. The number of hydrogen-bond acceptors (Lipinski definition) is 2. The quantitative estimate of drug-likeness (QED) is 0.779. The molecule has 0 saturated carbocycles. The molecule has 3 rings (SSSR count). The summed E-state index contributed by atoms with van der Waals surface area (Å²) in [6.45, 7) is 1.87. The number of benzene rings is 2. The van der Waals surface area contributed by atoms with E-state index in [0.717, 1.165) is 11.6 Å². The Kier molecular flexibility index (Phi) is 3.17. The lowest BCUT2D eigenvalue weighted by atomic mass is 10.2. The molecule has 0 aliphatic carbocycles. The average molecular weight is 304 g/mol. The maximum Gasteiger partial charge on any atom is 0.261 e. The van der Waals surface area contributed by atoms with E-state index in [1.165, 1.54) is 12.1 Å². The zero-order valence-corrected chi connectivity index (χ0v) is 12.0. The molecule has 0 saturated heterocycles. The molecular formula is C15H13FN2O2S. The molecule has 0 unspecified atom stereocenters. The highest BCUT2D eigenvalue weighted by molar-refractivity contribution is 7.92. The standard InChI is InChI=1S/C15H13FN2O2S/c1-10-2-4-13(5-3-10)21(19,20)18-12-8-11-6-7-17-15(11)14(16)9-12/h2-9,17-18H,1H3. The van der Waals surface area contributed by atoms with Gasteiger partial charge in [-0.05, 0) is 31.2 Å². The molecule has 1 aromatic heterocycles. The second-order valence-corrected chi connectivity index (χ2v) is 6.50. The molecule has 0 bridgehead atoms. The van der Waals surface area contributed by atoms with Crippen molar-refractivity contribution in [2.24, 2.45) is 0 Å². The van der Waals surface area contributed by atoms with E-state index < -0.39 is 15.8 Å². The van der Waals surface area contributed by atoms with Gasteiger partial charge < -0.3 is 4.98 Å². The van der Waals surface area contributed by atoms with Gasteiger partial charge in [0.15, 0.2) is 0 Å². The van der Waals surface area contributed by atoms with Crippen molar-refractivity contribution in [2.75, 3.05) is 4.72 Å². The van der Waals surface area contributed by atoms with Crippen LogP contribution in [0.3, 0.4) is 0 Å². The van der Waals surface area contributed by atoms with Crippen molar-refractivity contribution in [3.63, 3.8) is 0 Å². The third-order valence-electron chi connectivity index (χ3n) is 3.19. The molecule has 1 heterocycles. The van der Waals surface area contributed by atoms with E-state index >= 15 is 0 Å². The van der Waals surface area contributed by atoms with Gasteiger partial charge in [0.25, 0.3) is 10.0 Å². The number of rotatable bonds is 3. The lowest BCUT2D eigenvalue weighted by Gasteiger charge is -2.09. The van der Waals surface area contributed by atoms with Crippen LogP contribution >= 0.6 is 0 Å². The summed E-state index contributed by atoms with van der Waals surface area (Å²) in [5, 5.41) is 0.608. The summed E-state index contributed by atoms with van der Waals surface area (Å²) in [6, 6.07) is 10.9. The fourth-order valence-corrected chi connectivity index (χ4v) is 3.16. The zero-order valence-electron chi connectivity index (χ0n) is 11.2. The Morgan fingerprint density at radius 2 is 1.81 bits per heavy atom. The second kappa shape index (κ2) is 4.89. The summed E-state index contributed by atoms with van der Waals surface area (Å²) in [6.07, 6.45) is 1.60. The molecule has 108 valence electrons. The van der Waals surface area contributed by atoms with E-state index in [9.17, 15) is 12.8 Å². The number of aromatic amines is 1. The van der Waals surface area contributed by atoms with Crippen molar-refractivity contribution in [3.8, 4) is 0 Å². The SMILES string of the molecule is Cc1ccc(S(=O)(=O)Nc2cc(F)c3[nH]ccc3c2)cc1.